The Morgan fingerprint density at radius 1 is 1.14 bits per heavy atom. The van der Waals surface area contributed by atoms with Crippen LogP contribution in [-0.4, -0.2) is 34.3 Å². The second kappa shape index (κ2) is 5.99. The molecule has 1 aromatic heterocycles. The van der Waals surface area contributed by atoms with E-state index in [4.69, 9.17) is 5.21 Å². The molecule has 0 spiro atoms. The summed E-state index contributed by atoms with van der Waals surface area (Å²) < 4.78 is 1.96. The summed E-state index contributed by atoms with van der Waals surface area (Å²) in [7, 11) is 0. The molecule has 2 aromatic rings. The van der Waals surface area contributed by atoms with Gasteiger partial charge in [-0.05, 0) is 38.3 Å². The lowest BCUT2D eigenvalue weighted by Gasteiger charge is -2.29. The molecule has 1 N–H and O–H groups in total. The first kappa shape index (κ1) is 13.7. The number of hydrogen-bond donors (Lipinski definition) is 1. The third kappa shape index (κ3) is 2.63. The molecule has 0 amide bonds. The molecule has 5 heteroatoms. The smallest absolute Gasteiger partial charge is 0.141 e. The number of oxime groups is 1. The molecule has 0 radical (unpaired) electrons. The van der Waals surface area contributed by atoms with Crippen LogP contribution in [0.1, 0.15) is 30.5 Å². The summed E-state index contributed by atoms with van der Waals surface area (Å²) in [6, 6.07) is 10.1. The molecule has 1 aromatic carbocycles. The van der Waals surface area contributed by atoms with Crippen LogP contribution >= 0.6 is 0 Å². The number of hydrogen-bond acceptors (Lipinski definition) is 4. The number of para-hydroxylation sites is 1. The number of benzene rings is 1. The van der Waals surface area contributed by atoms with Crippen molar-refractivity contribution in [1.82, 2.24) is 9.78 Å². The van der Waals surface area contributed by atoms with E-state index in [9.17, 15) is 0 Å². The molecule has 0 bridgehead atoms. The number of aromatic nitrogens is 2. The molecule has 0 aliphatic carbocycles. The average Bonchev–Trinajstić information content (AvgIpc) is 2.86. The van der Waals surface area contributed by atoms with E-state index in [0.717, 1.165) is 35.9 Å². The van der Waals surface area contributed by atoms with Gasteiger partial charge in [0, 0.05) is 13.1 Å². The number of nitrogens with zero attached hydrogens (tertiary/aromatic N) is 4. The number of rotatable bonds is 3. The van der Waals surface area contributed by atoms with Crippen molar-refractivity contribution >= 4 is 12.0 Å². The molecule has 1 aliphatic rings. The van der Waals surface area contributed by atoms with Gasteiger partial charge < -0.3 is 10.1 Å². The molecule has 1 fully saturated rings. The monoisotopic (exact) mass is 284 g/mol. The SMILES string of the molecule is Cc1nn(-c2ccccc2)c(N2CCCCC2)c1C=NO. The van der Waals surface area contributed by atoms with Crippen LogP contribution in [-0.2, 0) is 0 Å². The summed E-state index contributed by atoms with van der Waals surface area (Å²) in [6.07, 6.45) is 5.15. The zero-order valence-electron chi connectivity index (χ0n) is 12.2. The second-order valence-corrected chi connectivity index (χ2v) is 5.36. The van der Waals surface area contributed by atoms with Gasteiger partial charge in [0.1, 0.15) is 5.82 Å². The van der Waals surface area contributed by atoms with Gasteiger partial charge in [-0.25, -0.2) is 4.68 Å². The first-order valence-electron chi connectivity index (χ1n) is 7.38. The molecule has 1 saturated heterocycles. The van der Waals surface area contributed by atoms with Crippen molar-refractivity contribution in [2.45, 2.75) is 26.2 Å². The number of aryl methyl sites for hydroxylation is 1. The van der Waals surface area contributed by atoms with Crippen LogP contribution in [0.15, 0.2) is 35.5 Å². The Hall–Kier alpha value is -2.30. The maximum atomic E-state index is 8.96. The van der Waals surface area contributed by atoms with Gasteiger partial charge in [0.05, 0.1) is 23.2 Å². The van der Waals surface area contributed by atoms with Crippen molar-refractivity contribution in [3.8, 4) is 5.69 Å². The fourth-order valence-electron chi connectivity index (χ4n) is 2.90. The van der Waals surface area contributed by atoms with E-state index < -0.39 is 0 Å². The van der Waals surface area contributed by atoms with E-state index in [1.165, 1.54) is 25.5 Å². The van der Waals surface area contributed by atoms with E-state index in [-0.39, 0.29) is 0 Å². The fourth-order valence-corrected chi connectivity index (χ4v) is 2.90. The molecule has 0 unspecified atom stereocenters. The van der Waals surface area contributed by atoms with Gasteiger partial charge in [0.25, 0.3) is 0 Å². The molecular formula is C16H20N4O. The molecule has 110 valence electrons. The Bertz CT molecular complexity index is 627. The second-order valence-electron chi connectivity index (χ2n) is 5.36. The Morgan fingerprint density at radius 2 is 1.86 bits per heavy atom. The molecule has 3 rings (SSSR count). The Morgan fingerprint density at radius 3 is 2.52 bits per heavy atom. The van der Waals surface area contributed by atoms with Crippen LogP contribution in [0.25, 0.3) is 5.69 Å². The topological polar surface area (TPSA) is 53.7 Å². The lowest BCUT2D eigenvalue weighted by atomic mass is 10.1. The van der Waals surface area contributed by atoms with Crippen molar-refractivity contribution in [2.24, 2.45) is 5.16 Å². The Kier molecular flexibility index (Phi) is 3.90. The van der Waals surface area contributed by atoms with Crippen LogP contribution in [0.3, 0.4) is 0 Å². The predicted octanol–water partition coefficient (Wildman–Crippen LogP) is 2.98. The van der Waals surface area contributed by atoms with Crippen LogP contribution in [0.4, 0.5) is 5.82 Å². The third-order valence-corrected chi connectivity index (χ3v) is 3.92. The molecule has 0 saturated carbocycles. The molecule has 1 aliphatic heterocycles. The van der Waals surface area contributed by atoms with Gasteiger partial charge >= 0.3 is 0 Å². The van der Waals surface area contributed by atoms with Crippen LogP contribution in [0.2, 0.25) is 0 Å². The molecular weight excluding hydrogens is 264 g/mol. The van der Waals surface area contributed by atoms with Crippen molar-refractivity contribution in [3.05, 3.63) is 41.6 Å². The predicted molar refractivity (Wildman–Crippen MR) is 83.7 cm³/mol. The minimum Gasteiger partial charge on any atom is -0.411 e. The highest BCUT2D eigenvalue weighted by Crippen LogP contribution is 2.28. The summed E-state index contributed by atoms with van der Waals surface area (Å²) in [5.41, 5.74) is 2.79. The summed E-state index contributed by atoms with van der Waals surface area (Å²) >= 11 is 0. The minimum atomic E-state index is 0.872. The van der Waals surface area contributed by atoms with E-state index in [2.05, 4.69) is 15.2 Å². The zero-order valence-corrected chi connectivity index (χ0v) is 12.2. The van der Waals surface area contributed by atoms with Crippen molar-refractivity contribution in [1.29, 1.82) is 0 Å². The minimum absolute atomic E-state index is 0.872. The fraction of sp³-hybridized carbons (Fsp3) is 0.375. The standard InChI is InChI=1S/C16H20N4O/c1-13-15(12-17-21)16(19-10-6-3-7-11-19)20(18-13)14-8-4-2-5-9-14/h2,4-5,8-9,12,21H,3,6-7,10-11H2,1H3. The highest BCUT2D eigenvalue weighted by molar-refractivity contribution is 5.88. The third-order valence-electron chi connectivity index (χ3n) is 3.92. The maximum Gasteiger partial charge on any atom is 0.141 e. The number of piperidine rings is 1. The lowest BCUT2D eigenvalue weighted by molar-refractivity contribution is 0.322. The highest BCUT2D eigenvalue weighted by atomic mass is 16.4. The van der Waals surface area contributed by atoms with Gasteiger partial charge in [0.2, 0.25) is 0 Å². The van der Waals surface area contributed by atoms with Gasteiger partial charge in [-0.2, -0.15) is 5.10 Å². The van der Waals surface area contributed by atoms with Crippen LogP contribution in [0.5, 0.6) is 0 Å². The highest BCUT2D eigenvalue weighted by Gasteiger charge is 2.22. The van der Waals surface area contributed by atoms with Crippen molar-refractivity contribution in [2.75, 3.05) is 18.0 Å². The van der Waals surface area contributed by atoms with Crippen LogP contribution in [0, 0.1) is 6.92 Å². The van der Waals surface area contributed by atoms with Crippen molar-refractivity contribution < 1.29 is 5.21 Å². The first-order chi connectivity index (χ1) is 10.3. The molecule has 0 atom stereocenters. The summed E-state index contributed by atoms with van der Waals surface area (Å²) in [5, 5.41) is 16.8. The van der Waals surface area contributed by atoms with E-state index in [0.29, 0.717) is 0 Å². The largest absolute Gasteiger partial charge is 0.411 e. The van der Waals surface area contributed by atoms with Gasteiger partial charge in [0.15, 0.2) is 0 Å². The quantitative estimate of drug-likeness (QED) is 0.535. The lowest BCUT2D eigenvalue weighted by Crippen LogP contribution is -2.32. The average molecular weight is 284 g/mol. The summed E-state index contributed by atoms with van der Waals surface area (Å²) in [5.74, 6) is 1.02. The van der Waals surface area contributed by atoms with E-state index >= 15 is 0 Å². The van der Waals surface area contributed by atoms with Crippen molar-refractivity contribution in [3.63, 3.8) is 0 Å². The van der Waals surface area contributed by atoms with Crippen LogP contribution < -0.4 is 4.90 Å². The zero-order chi connectivity index (χ0) is 14.7. The molecule has 2 heterocycles. The normalized spacial score (nSPS) is 15.8. The Balaban J connectivity index is 2.13. The van der Waals surface area contributed by atoms with E-state index in [1.807, 2.05) is 41.9 Å². The van der Waals surface area contributed by atoms with Gasteiger partial charge in [-0.1, -0.05) is 23.4 Å². The Labute approximate surface area is 124 Å². The maximum absolute atomic E-state index is 8.96. The summed E-state index contributed by atoms with van der Waals surface area (Å²) in [6.45, 7) is 3.98. The molecule has 21 heavy (non-hydrogen) atoms. The van der Waals surface area contributed by atoms with Gasteiger partial charge in [-0.3, -0.25) is 0 Å². The number of anilines is 1. The first-order valence-corrected chi connectivity index (χ1v) is 7.38. The summed E-state index contributed by atoms with van der Waals surface area (Å²) in [4.78, 5) is 2.34. The van der Waals surface area contributed by atoms with Gasteiger partial charge in [-0.15, -0.1) is 0 Å². The molecule has 5 nitrogen and oxygen atoms in total. The van der Waals surface area contributed by atoms with E-state index in [1.54, 1.807) is 0 Å².